The monoisotopic (exact) mass is 308 g/mol. The number of ether oxygens (including phenoxy) is 1. The fourth-order valence-electron chi connectivity index (χ4n) is 1.46. The Bertz CT molecular complexity index is 547. The number of halogens is 1. The van der Waals surface area contributed by atoms with Crippen molar-refractivity contribution in [3.05, 3.63) is 46.2 Å². The normalized spacial score (nSPS) is 10.2. The summed E-state index contributed by atoms with van der Waals surface area (Å²) in [7, 11) is 0. The van der Waals surface area contributed by atoms with Gasteiger partial charge in [0.15, 0.2) is 0 Å². The maximum Gasteiger partial charge on any atom is 0.219 e. The van der Waals surface area contributed by atoms with Crippen LogP contribution in [0.15, 0.2) is 34.8 Å². The SMILES string of the molecule is Cc1nc(NN)cc(OCc2ccccc2Br)n1. The lowest BCUT2D eigenvalue weighted by Crippen LogP contribution is -2.10. The summed E-state index contributed by atoms with van der Waals surface area (Å²) < 4.78 is 6.63. The Balaban J connectivity index is 2.11. The number of aromatic nitrogens is 2. The second-order valence-electron chi connectivity index (χ2n) is 3.66. The molecule has 0 saturated carbocycles. The first kappa shape index (κ1) is 12.8. The molecule has 0 aliphatic rings. The number of nitrogen functional groups attached to an aromatic ring is 1. The van der Waals surface area contributed by atoms with Crippen molar-refractivity contribution in [3.63, 3.8) is 0 Å². The molecule has 0 amide bonds. The molecule has 1 heterocycles. The molecule has 2 aromatic rings. The Morgan fingerprint density at radius 1 is 1.33 bits per heavy atom. The van der Waals surface area contributed by atoms with Crippen molar-refractivity contribution < 1.29 is 4.74 Å². The zero-order valence-electron chi connectivity index (χ0n) is 9.85. The summed E-state index contributed by atoms with van der Waals surface area (Å²) in [6, 6.07) is 9.53. The largest absolute Gasteiger partial charge is 0.473 e. The number of aryl methyl sites for hydroxylation is 1. The summed E-state index contributed by atoms with van der Waals surface area (Å²) in [6.45, 7) is 2.22. The summed E-state index contributed by atoms with van der Waals surface area (Å²) >= 11 is 3.47. The molecule has 5 nitrogen and oxygen atoms in total. The van der Waals surface area contributed by atoms with Crippen LogP contribution >= 0.6 is 15.9 Å². The number of hydrazine groups is 1. The molecule has 94 valence electrons. The zero-order chi connectivity index (χ0) is 13.0. The van der Waals surface area contributed by atoms with Gasteiger partial charge >= 0.3 is 0 Å². The number of nitrogens with one attached hydrogen (secondary N) is 1. The van der Waals surface area contributed by atoms with Crippen molar-refractivity contribution >= 4 is 21.7 Å². The lowest BCUT2D eigenvalue weighted by molar-refractivity contribution is 0.292. The van der Waals surface area contributed by atoms with Crippen molar-refractivity contribution in [1.82, 2.24) is 9.97 Å². The van der Waals surface area contributed by atoms with E-state index in [0.717, 1.165) is 10.0 Å². The van der Waals surface area contributed by atoms with Crippen LogP contribution in [0, 0.1) is 6.92 Å². The Labute approximate surface area is 113 Å². The Kier molecular flexibility index (Phi) is 4.11. The molecule has 6 heteroatoms. The molecule has 0 radical (unpaired) electrons. The molecular weight excluding hydrogens is 296 g/mol. The van der Waals surface area contributed by atoms with E-state index in [9.17, 15) is 0 Å². The molecule has 3 N–H and O–H groups in total. The average Bonchev–Trinajstić information content (AvgIpc) is 2.37. The van der Waals surface area contributed by atoms with E-state index in [1.807, 2.05) is 24.3 Å². The van der Waals surface area contributed by atoms with E-state index in [1.165, 1.54) is 0 Å². The number of rotatable bonds is 4. The first-order valence-electron chi connectivity index (χ1n) is 5.37. The fourth-order valence-corrected chi connectivity index (χ4v) is 1.85. The highest BCUT2D eigenvalue weighted by atomic mass is 79.9. The molecule has 1 aromatic heterocycles. The summed E-state index contributed by atoms with van der Waals surface area (Å²) in [5.74, 6) is 6.94. The number of benzene rings is 1. The van der Waals surface area contributed by atoms with E-state index in [4.69, 9.17) is 10.6 Å². The van der Waals surface area contributed by atoms with Crippen LogP contribution in [0.5, 0.6) is 5.88 Å². The first-order valence-corrected chi connectivity index (χ1v) is 6.17. The van der Waals surface area contributed by atoms with Crippen LogP contribution in [-0.2, 0) is 6.61 Å². The highest BCUT2D eigenvalue weighted by Gasteiger charge is 2.04. The zero-order valence-corrected chi connectivity index (χ0v) is 11.4. The smallest absolute Gasteiger partial charge is 0.219 e. The maximum absolute atomic E-state index is 5.62. The first-order chi connectivity index (χ1) is 8.69. The van der Waals surface area contributed by atoms with Gasteiger partial charge in [0.2, 0.25) is 5.88 Å². The average molecular weight is 309 g/mol. The van der Waals surface area contributed by atoms with Gasteiger partial charge in [0, 0.05) is 16.1 Å². The van der Waals surface area contributed by atoms with Gasteiger partial charge in [-0.15, -0.1) is 0 Å². The van der Waals surface area contributed by atoms with Crippen LogP contribution in [0.1, 0.15) is 11.4 Å². The summed E-state index contributed by atoms with van der Waals surface area (Å²) in [6.07, 6.45) is 0. The van der Waals surface area contributed by atoms with Gasteiger partial charge in [-0.3, -0.25) is 0 Å². The van der Waals surface area contributed by atoms with Gasteiger partial charge in [0.25, 0.3) is 0 Å². The lowest BCUT2D eigenvalue weighted by atomic mass is 10.2. The fraction of sp³-hybridized carbons (Fsp3) is 0.167. The van der Waals surface area contributed by atoms with Crippen molar-refractivity contribution in [2.45, 2.75) is 13.5 Å². The Morgan fingerprint density at radius 2 is 2.11 bits per heavy atom. The van der Waals surface area contributed by atoms with Crippen LogP contribution < -0.4 is 16.0 Å². The topological polar surface area (TPSA) is 73.1 Å². The Hall–Kier alpha value is -1.66. The van der Waals surface area contributed by atoms with E-state index < -0.39 is 0 Å². The molecule has 0 aliphatic heterocycles. The van der Waals surface area contributed by atoms with Crippen molar-refractivity contribution in [3.8, 4) is 5.88 Å². The third-order valence-corrected chi connectivity index (χ3v) is 3.07. The molecule has 0 unspecified atom stereocenters. The maximum atomic E-state index is 5.62. The van der Waals surface area contributed by atoms with Crippen LogP contribution in [0.2, 0.25) is 0 Å². The van der Waals surface area contributed by atoms with Crippen LogP contribution in [0.3, 0.4) is 0 Å². The van der Waals surface area contributed by atoms with Crippen LogP contribution in [-0.4, -0.2) is 9.97 Å². The third kappa shape index (κ3) is 3.18. The molecule has 0 spiro atoms. The van der Waals surface area contributed by atoms with Gasteiger partial charge in [-0.2, -0.15) is 4.98 Å². The molecule has 1 aromatic carbocycles. The van der Waals surface area contributed by atoms with Crippen molar-refractivity contribution in [2.75, 3.05) is 5.43 Å². The number of anilines is 1. The van der Waals surface area contributed by atoms with E-state index in [-0.39, 0.29) is 0 Å². The van der Waals surface area contributed by atoms with E-state index >= 15 is 0 Å². The highest BCUT2D eigenvalue weighted by molar-refractivity contribution is 9.10. The minimum Gasteiger partial charge on any atom is -0.473 e. The molecule has 0 aliphatic carbocycles. The van der Waals surface area contributed by atoms with Gasteiger partial charge < -0.3 is 10.2 Å². The summed E-state index contributed by atoms with van der Waals surface area (Å²) in [5.41, 5.74) is 3.53. The van der Waals surface area contributed by atoms with E-state index in [2.05, 4.69) is 31.3 Å². The number of nitrogens with zero attached hydrogens (tertiary/aromatic N) is 2. The lowest BCUT2D eigenvalue weighted by Gasteiger charge is -2.08. The predicted octanol–water partition coefficient (Wildman–Crippen LogP) is 2.41. The van der Waals surface area contributed by atoms with Crippen LogP contribution in [0.4, 0.5) is 5.82 Å². The number of hydrogen-bond donors (Lipinski definition) is 2. The van der Waals surface area contributed by atoms with Gasteiger partial charge in [0.1, 0.15) is 18.2 Å². The van der Waals surface area contributed by atoms with Crippen LogP contribution in [0.25, 0.3) is 0 Å². The quantitative estimate of drug-likeness (QED) is 0.670. The van der Waals surface area contributed by atoms with Gasteiger partial charge in [0.05, 0.1) is 0 Å². The van der Waals surface area contributed by atoms with E-state index in [0.29, 0.717) is 24.1 Å². The predicted molar refractivity (Wildman–Crippen MR) is 73.1 cm³/mol. The summed E-state index contributed by atoms with van der Waals surface area (Å²) in [4.78, 5) is 8.27. The second-order valence-corrected chi connectivity index (χ2v) is 4.52. The molecule has 0 atom stereocenters. The summed E-state index contributed by atoms with van der Waals surface area (Å²) in [5, 5.41) is 0. The van der Waals surface area contributed by atoms with Gasteiger partial charge in [-0.25, -0.2) is 10.8 Å². The highest BCUT2D eigenvalue weighted by Crippen LogP contribution is 2.19. The molecule has 0 bridgehead atoms. The van der Waals surface area contributed by atoms with Crippen molar-refractivity contribution in [2.24, 2.45) is 5.84 Å². The standard InChI is InChI=1S/C12H13BrN4O/c1-8-15-11(17-14)6-12(16-8)18-7-9-4-2-3-5-10(9)13/h2-6H,7,14H2,1H3,(H,15,16,17). The van der Waals surface area contributed by atoms with Crippen molar-refractivity contribution in [1.29, 1.82) is 0 Å². The molecule has 0 fully saturated rings. The Morgan fingerprint density at radius 3 is 2.83 bits per heavy atom. The number of hydrogen-bond acceptors (Lipinski definition) is 5. The minimum absolute atomic E-state index is 0.432. The van der Waals surface area contributed by atoms with E-state index in [1.54, 1.807) is 13.0 Å². The molecule has 2 rings (SSSR count). The molecule has 18 heavy (non-hydrogen) atoms. The molecular formula is C12H13BrN4O. The molecule has 0 saturated heterocycles. The van der Waals surface area contributed by atoms with Gasteiger partial charge in [-0.05, 0) is 13.0 Å². The second kappa shape index (κ2) is 5.79. The third-order valence-electron chi connectivity index (χ3n) is 2.30. The number of nitrogens with two attached hydrogens (primary N) is 1. The van der Waals surface area contributed by atoms with Gasteiger partial charge in [-0.1, -0.05) is 34.1 Å². The minimum atomic E-state index is 0.432.